The maximum atomic E-state index is 5.62. The molecule has 0 aliphatic rings. The monoisotopic (exact) mass is 588 g/mol. The standard InChI is InChI=1S/2C14H17.C2H6Si.2ClH.Zr/c2*1-4-5-12-6-10(2)7-13-8-11(3)9-14(12)13;1-3-2;;;/h2*6-9H,4-5H2,1-3H3;1-2H3;2*1H;/q2*-1;;;;+2/p-2. The van der Waals surface area contributed by atoms with E-state index in [1.165, 1.54) is 80.6 Å². The Hall–Kier alpha value is -0.660. The van der Waals surface area contributed by atoms with Crippen LogP contribution in [0, 0.1) is 27.7 Å². The molecule has 4 heteroatoms. The van der Waals surface area contributed by atoms with Crippen LogP contribution in [-0.2, 0) is 30.8 Å². The minimum absolute atomic E-state index is 0.224. The third-order valence-electron chi connectivity index (χ3n) is 5.81. The molecule has 0 atom stereocenters. The van der Waals surface area contributed by atoms with Crippen molar-refractivity contribution in [2.75, 3.05) is 0 Å². The summed E-state index contributed by atoms with van der Waals surface area (Å²) < 4.78 is 0. The third kappa shape index (κ3) is 8.77. The average Bonchev–Trinajstić information content (AvgIpc) is 3.30. The van der Waals surface area contributed by atoms with Gasteiger partial charge in [0.15, 0.2) is 0 Å². The molecule has 0 saturated carbocycles. The van der Waals surface area contributed by atoms with Crippen molar-refractivity contribution in [2.45, 2.75) is 80.3 Å². The summed E-state index contributed by atoms with van der Waals surface area (Å²) in [7, 11) is 11.2. The van der Waals surface area contributed by atoms with E-state index in [-0.39, 0.29) is 5.43 Å². The number of aryl methyl sites for hydroxylation is 6. The fourth-order valence-corrected chi connectivity index (χ4v) is 4.38. The van der Waals surface area contributed by atoms with Gasteiger partial charge in [0.25, 0.3) is 0 Å². The Morgan fingerprint density at radius 2 is 1.03 bits per heavy atom. The summed E-state index contributed by atoms with van der Waals surface area (Å²) in [5, 5.41) is 5.72. The van der Waals surface area contributed by atoms with E-state index in [1.54, 1.807) is 0 Å². The normalized spacial score (nSPS) is 10.5. The van der Waals surface area contributed by atoms with Crippen LogP contribution in [0.3, 0.4) is 0 Å². The molecule has 0 amide bonds. The first-order valence-electron chi connectivity index (χ1n) is 12.4. The van der Waals surface area contributed by atoms with Crippen molar-refractivity contribution in [3.8, 4) is 0 Å². The SMILES string of the molecule is CCCc1cc(C)cc2[cH-]c(C)cc12.CCCc1cc(C)cc2[cH-]c(C)cc12.C[Si](C)=[Zr]([Cl])[Cl]. The second-order valence-corrected chi connectivity index (χ2v) is 32.7. The predicted octanol–water partition coefficient (Wildman–Crippen LogP) is 10.4. The van der Waals surface area contributed by atoms with Gasteiger partial charge in [-0.25, -0.2) is 0 Å². The first kappa shape index (κ1) is 29.6. The molecular weight excluding hydrogens is 551 g/mol. The van der Waals surface area contributed by atoms with Gasteiger partial charge in [0, 0.05) is 0 Å². The zero-order chi connectivity index (χ0) is 25.4. The Morgan fingerprint density at radius 1 is 0.676 bits per heavy atom. The predicted molar refractivity (Wildman–Crippen MR) is 155 cm³/mol. The van der Waals surface area contributed by atoms with Crippen LogP contribution < -0.4 is 0 Å². The molecule has 0 radical (unpaired) electrons. The molecule has 0 spiro atoms. The van der Waals surface area contributed by atoms with Gasteiger partial charge in [-0.05, 0) is 26.7 Å². The molecule has 0 aliphatic heterocycles. The van der Waals surface area contributed by atoms with Crippen LogP contribution >= 0.6 is 17.0 Å². The Labute approximate surface area is 222 Å². The number of benzene rings is 2. The van der Waals surface area contributed by atoms with Crippen molar-refractivity contribution in [3.05, 3.63) is 81.9 Å². The molecule has 0 aromatic heterocycles. The Bertz CT molecular complexity index is 1150. The molecule has 184 valence electrons. The van der Waals surface area contributed by atoms with Crippen molar-refractivity contribution in [2.24, 2.45) is 0 Å². The molecule has 0 heterocycles. The van der Waals surface area contributed by atoms with Crippen molar-refractivity contribution < 1.29 is 18.0 Å². The number of hydrogen-bond acceptors (Lipinski definition) is 0. The van der Waals surface area contributed by atoms with E-state index < -0.39 is 18.0 Å². The molecule has 34 heavy (non-hydrogen) atoms. The molecule has 0 saturated heterocycles. The number of rotatable bonds is 4. The molecule has 4 aromatic rings. The number of fused-ring (bicyclic) bond motifs is 2. The zero-order valence-electron chi connectivity index (χ0n) is 22.2. The molecule has 0 N–H and O–H groups in total. The van der Waals surface area contributed by atoms with Gasteiger partial charge in [-0.1, -0.05) is 74.9 Å². The van der Waals surface area contributed by atoms with Crippen LogP contribution in [0.15, 0.2) is 48.5 Å². The average molecular weight is 591 g/mol. The summed E-state index contributed by atoms with van der Waals surface area (Å²) in [5.74, 6) is 0. The fourth-order valence-electron chi connectivity index (χ4n) is 4.38. The summed E-state index contributed by atoms with van der Waals surface area (Å²) in [6, 6.07) is 18.4. The zero-order valence-corrected chi connectivity index (χ0v) is 27.2. The molecule has 0 aliphatic carbocycles. The molecule has 4 aromatic carbocycles. The van der Waals surface area contributed by atoms with Crippen LogP contribution in [0.25, 0.3) is 21.5 Å². The van der Waals surface area contributed by atoms with Crippen LogP contribution in [-0.4, -0.2) is 5.43 Å². The maximum absolute atomic E-state index is 5.62. The first-order valence-corrected chi connectivity index (χ1v) is 24.9. The van der Waals surface area contributed by atoms with Gasteiger partial charge in [0.1, 0.15) is 0 Å². The van der Waals surface area contributed by atoms with Gasteiger partial charge in [-0.15, -0.1) is 56.9 Å². The summed E-state index contributed by atoms with van der Waals surface area (Å²) >= 11 is -1.65. The van der Waals surface area contributed by atoms with E-state index in [4.69, 9.17) is 17.0 Å². The quantitative estimate of drug-likeness (QED) is 0.164. The van der Waals surface area contributed by atoms with E-state index in [2.05, 4.69) is 103 Å². The van der Waals surface area contributed by atoms with E-state index in [9.17, 15) is 0 Å². The molecule has 0 unspecified atom stereocenters. The fraction of sp³-hybridized carbons (Fsp3) is 0.400. The van der Waals surface area contributed by atoms with Crippen molar-refractivity contribution in [1.82, 2.24) is 0 Å². The van der Waals surface area contributed by atoms with E-state index >= 15 is 0 Å². The van der Waals surface area contributed by atoms with Crippen molar-refractivity contribution >= 4 is 44.0 Å². The van der Waals surface area contributed by atoms with Crippen molar-refractivity contribution in [1.29, 1.82) is 0 Å². The molecule has 0 fully saturated rings. The molecule has 0 nitrogen and oxygen atoms in total. The van der Waals surface area contributed by atoms with Gasteiger partial charge < -0.3 is 0 Å². The topological polar surface area (TPSA) is 0 Å². The minimum atomic E-state index is -1.65. The Balaban J connectivity index is 0.000000196. The summed E-state index contributed by atoms with van der Waals surface area (Å²) in [4.78, 5) is 0. The van der Waals surface area contributed by atoms with Gasteiger partial charge in [0.2, 0.25) is 0 Å². The first-order chi connectivity index (χ1) is 16.0. The number of halogens is 2. The van der Waals surface area contributed by atoms with E-state index in [0.29, 0.717) is 0 Å². The van der Waals surface area contributed by atoms with Crippen LogP contribution in [0.4, 0.5) is 0 Å². The van der Waals surface area contributed by atoms with Gasteiger partial charge >= 0.3 is 53.5 Å². The Kier molecular flexibility index (Phi) is 12.3. The summed E-state index contributed by atoms with van der Waals surface area (Å²) in [5.41, 5.74) is 8.31. The van der Waals surface area contributed by atoms with Gasteiger partial charge in [-0.3, -0.25) is 0 Å². The van der Waals surface area contributed by atoms with Gasteiger partial charge in [-0.2, -0.15) is 12.1 Å². The van der Waals surface area contributed by atoms with Crippen LogP contribution in [0.1, 0.15) is 60.1 Å². The molecular formula is C30H40Cl2SiZr-2. The van der Waals surface area contributed by atoms with Crippen molar-refractivity contribution in [3.63, 3.8) is 0 Å². The Morgan fingerprint density at radius 3 is 1.32 bits per heavy atom. The van der Waals surface area contributed by atoms with E-state index in [1.807, 2.05) is 0 Å². The molecule has 4 rings (SSSR count). The van der Waals surface area contributed by atoms with Crippen LogP contribution in [0.2, 0.25) is 13.1 Å². The summed E-state index contributed by atoms with van der Waals surface area (Å²) in [6.07, 6.45) is 4.84. The van der Waals surface area contributed by atoms with E-state index in [0.717, 1.165) is 0 Å². The molecule has 0 bridgehead atoms. The number of hydrogen-bond donors (Lipinski definition) is 0. The van der Waals surface area contributed by atoms with Gasteiger partial charge in [0.05, 0.1) is 0 Å². The second kappa shape index (κ2) is 14.2. The third-order valence-corrected chi connectivity index (χ3v) is 25.6. The second-order valence-electron chi connectivity index (χ2n) is 9.68. The summed E-state index contributed by atoms with van der Waals surface area (Å²) in [6.45, 7) is 17.5. The van der Waals surface area contributed by atoms with Crippen LogP contribution in [0.5, 0.6) is 0 Å².